The lowest BCUT2D eigenvalue weighted by molar-refractivity contribution is 0.413. The molecule has 3 nitrogen and oxygen atoms in total. The van der Waals surface area contributed by atoms with Crippen LogP contribution in [0.1, 0.15) is 56.3 Å². The Morgan fingerprint density at radius 3 is 2.55 bits per heavy atom. The molecule has 0 bridgehead atoms. The SMILES string of the molecule is CCn1c(SCc2ccc(Cl)cc2)nnc1C1CCCCC1. The third kappa shape index (κ3) is 3.66. The molecule has 0 radical (unpaired) electrons. The van der Waals surface area contributed by atoms with Gasteiger partial charge < -0.3 is 4.57 Å². The molecule has 1 aromatic carbocycles. The van der Waals surface area contributed by atoms with E-state index >= 15 is 0 Å². The highest BCUT2D eigenvalue weighted by atomic mass is 35.5. The molecule has 3 rings (SSSR count). The number of hydrogen-bond acceptors (Lipinski definition) is 3. The molecule has 118 valence electrons. The molecule has 5 heteroatoms. The van der Waals surface area contributed by atoms with Crippen LogP contribution in [0.5, 0.6) is 0 Å². The summed E-state index contributed by atoms with van der Waals surface area (Å²) < 4.78 is 2.30. The number of aromatic nitrogens is 3. The largest absolute Gasteiger partial charge is 0.306 e. The lowest BCUT2D eigenvalue weighted by Gasteiger charge is -2.21. The molecule has 1 fully saturated rings. The Labute approximate surface area is 141 Å². The first-order valence-electron chi connectivity index (χ1n) is 8.08. The van der Waals surface area contributed by atoms with E-state index in [-0.39, 0.29) is 0 Å². The van der Waals surface area contributed by atoms with Gasteiger partial charge in [0.2, 0.25) is 0 Å². The molecule has 0 amide bonds. The molecule has 1 saturated carbocycles. The number of rotatable bonds is 5. The second-order valence-corrected chi connectivity index (χ2v) is 7.21. The van der Waals surface area contributed by atoms with E-state index in [1.54, 1.807) is 11.8 Å². The Morgan fingerprint density at radius 2 is 1.86 bits per heavy atom. The molecular formula is C17H22ClN3S. The Hall–Kier alpha value is -1.00. The van der Waals surface area contributed by atoms with Crippen LogP contribution < -0.4 is 0 Å². The summed E-state index contributed by atoms with van der Waals surface area (Å²) in [5.41, 5.74) is 1.26. The van der Waals surface area contributed by atoms with Gasteiger partial charge >= 0.3 is 0 Å². The molecule has 1 aliphatic carbocycles. The standard InChI is InChI=1S/C17H22ClN3S/c1-2-21-16(14-6-4-3-5-7-14)19-20-17(21)22-12-13-8-10-15(18)11-9-13/h8-11,14H,2-7,12H2,1H3. The highest BCUT2D eigenvalue weighted by Gasteiger charge is 2.22. The summed E-state index contributed by atoms with van der Waals surface area (Å²) >= 11 is 7.69. The minimum absolute atomic E-state index is 0.603. The van der Waals surface area contributed by atoms with E-state index < -0.39 is 0 Å². The second-order valence-electron chi connectivity index (χ2n) is 5.84. The molecule has 1 heterocycles. The van der Waals surface area contributed by atoms with Gasteiger partial charge in [0.15, 0.2) is 5.16 Å². The van der Waals surface area contributed by atoms with Gasteiger partial charge in [-0.25, -0.2) is 0 Å². The van der Waals surface area contributed by atoms with Crippen LogP contribution in [0, 0.1) is 0 Å². The third-order valence-corrected chi connectivity index (χ3v) is 5.60. The van der Waals surface area contributed by atoms with Crippen molar-refractivity contribution in [3.05, 3.63) is 40.7 Å². The number of nitrogens with zero attached hydrogens (tertiary/aromatic N) is 3. The molecule has 0 unspecified atom stereocenters. The van der Waals surface area contributed by atoms with Crippen LogP contribution in [0.4, 0.5) is 0 Å². The van der Waals surface area contributed by atoms with Crippen LogP contribution in [0.15, 0.2) is 29.4 Å². The van der Waals surface area contributed by atoms with Crippen molar-refractivity contribution in [1.29, 1.82) is 0 Å². The van der Waals surface area contributed by atoms with Crippen LogP contribution in [0.2, 0.25) is 5.02 Å². The quantitative estimate of drug-likeness (QED) is 0.695. The smallest absolute Gasteiger partial charge is 0.191 e. The lowest BCUT2D eigenvalue weighted by atomic mass is 9.89. The molecule has 0 N–H and O–H groups in total. The average molecular weight is 336 g/mol. The van der Waals surface area contributed by atoms with Crippen LogP contribution >= 0.6 is 23.4 Å². The van der Waals surface area contributed by atoms with Crippen molar-refractivity contribution < 1.29 is 0 Å². The lowest BCUT2D eigenvalue weighted by Crippen LogP contribution is -2.12. The highest BCUT2D eigenvalue weighted by molar-refractivity contribution is 7.98. The van der Waals surface area contributed by atoms with Crippen LogP contribution in [0.25, 0.3) is 0 Å². The van der Waals surface area contributed by atoms with Crippen LogP contribution in [0.3, 0.4) is 0 Å². The van der Waals surface area contributed by atoms with Gasteiger partial charge in [0, 0.05) is 23.2 Å². The van der Waals surface area contributed by atoms with E-state index in [0.717, 1.165) is 22.5 Å². The first-order valence-corrected chi connectivity index (χ1v) is 9.44. The minimum atomic E-state index is 0.603. The van der Waals surface area contributed by atoms with Gasteiger partial charge in [-0.05, 0) is 37.5 Å². The molecular weight excluding hydrogens is 314 g/mol. The fraction of sp³-hybridized carbons (Fsp3) is 0.529. The second kappa shape index (κ2) is 7.51. The molecule has 22 heavy (non-hydrogen) atoms. The number of benzene rings is 1. The maximum Gasteiger partial charge on any atom is 0.191 e. The van der Waals surface area contributed by atoms with E-state index in [0.29, 0.717) is 5.92 Å². The average Bonchev–Trinajstić information content (AvgIpc) is 2.98. The summed E-state index contributed by atoms with van der Waals surface area (Å²) in [4.78, 5) is 0. The van der Waals surface area contributed by atoms with Crippen molar-refractivity contribution in [3.63, 3.8) is 0 Å². The molecule has 2 aromatic rings. The predicted octanol–water partition coefficient (Wildman–Crippen LogP) is 5.29. The Morgan fingerprint density at radius 1 is 1.14 bits per heavy atom. The third-order valence-electron chi connectivity index (χ3n) is 4.31. The number of thioether (sulfide) groups is 1. The summed E-state index contributed by atoms with van der Waals surface area (Å²) in [7, 11) is 0. The molecule has 0 spiro atoms. The van der Waals surface area contributed by atoms with Gasteiger partial charge in [0.1, 0.15) is 5.82 Å². The summed E-state index contributed by atoms with van der Waals surface area (Å²) in [6, 6.07) is 8.03. The predicted molar refractivity (Wildman–Crippen MR) is 92.5 cm³/mol. The fourth-order valence-corrected chi connectivity index (χ4v) is 4.19. The first-order chi connectivity index (χ1) is 10.8. The van der Waals surface area contributed by atoms with Crippen LogP contribution in [-0.4, -0.2) is 14.8 Å². The zero-order valence-electron chi connectivity index (χ0n) is 13.0. The maximum atomic E-state index is 5.93. The molecule has 1 aliphatic rings. The molecule has 0 saturated heterocycles. The van der Waals surface area contributed by atoms with Gasteiger partial charge in [-0.1, -0.05) is 54.8 Å². The normalized spacial score (nSPS) is 16.1. The van der Waals surface area contributed by atoms with Crippen molar-refractivity contribution in [2.45, 2.75) is 62.4 Å². The van der Waals surface area contributed by atoms with E-state index in [9.17, 15) is 0 Å². The molecule has 0 aliphatic heterocycles. The number of halogens is 1. The van der Waals surface area contributed by atoms with E-state index in [1.165, 1.54) is 43.5 Å². The van der Waals surface area contributed by atoms with Gasteiger partial charge in [-0.2, -0.15) is 0 Å². The Balaban J connectivity index is 1.70. The van der Waals surface area contributed by atoms with Crippen molar-refractivity contribution in [1.82, 2.24) is 14.8 Å². The van der Waals surface area contributed by atoms with Gasteiger partial charge in [-0.3, -0.25) is 0 Å². The van der Waals surface area contributed by atoms with E-state index in [1.807, 2.05) is 12.1 Å². The molecule has 1 aromatic heterocycles. The van der Waals surface area contributed by atoms with E-state index in [2.05, 4.69) is 33.8 Å². The Bertz CT molecular complexity index is 603. The minimum Gasteiger partial charge on any atom is -0.306 e. The van der Waals surface area contributed by atoms with Gasteiger partial charge in [0.25, 0.3) is 0 Å². The molecule has 0 atom stereocenters. The Kier molecular flexibility index (Phi) is 5.42. The van der Waals surface area contributed by atoms with Crippen molar-refractivity contribution in [2.75, 3.05) is 0 Å². The van der Waals surface area contributed by atoms with Crippen molar-refractivity contribution >= 4 is 23.4 Å². The van der Waals surface area contributed by atoms with Crippen molar-refractivity contribution in [2.24, 2.45) is 0 Å². The van der Waals surface area contributed by atoms with Crippen LogP contribution in [-0.2, 0) is 12.3 Å². The fourth-order valence-electron chi connectivity index (χ4n) is 3.10. The van der Waals surface area contributed by atoms with Crippen molar-refractivity contribution in [3.8, 4) is 0 Å². The highest BCUT2D eigenvalue weighted by Crippen LogP contribution is 2.33. The van der Waals surface area contributed by atoms with Gasteiger partial charge in [-0.15, -0.1) is 10.2 Å². The maximum absolute atomic E-state index is 5.93. The van der Waals surface area contributed by atoms with Gasteiger partial charge in [0.05, 0.1) is 0 Å². The zero-order chi connectivity index (χ0) is 15.4. The monoisotopic (exact) mass is 335 g/mol. The number of hydrogen-bond donors (Lipinski definition) is 0. The summed E-state index contributed by atoms with van der Waals surface area (Å²) in [6.45, 7) is 3.13. The first kappa shape index (κ1) is 15.9. The summed E-state index contributed by atoms with van der Waals surface area (Å²) in [5.74, 6) is 2.70. The topological polar surface area (TPSA) is 30.7 Å². The summed E-state index contributed by atoms with van der Waals surface area (Å²) in [6.07, 6.45) is 6.55. The van der Waals surface area contributed by atoms with E-state index in [4.69, 9.17) is 11.6 Å². The zero-order valence-corrected chi connectivity index (χ0v) is 14.5. The summed E-state index contributed by atoms with van der Waals surface area (Å²) in [5, 5.41) is 10.8.